The Labute approximate surface area is 97.0 Å². The van der Waals surface area contributed by atoms with Crippen molar-refractivity contribution in [3.63, 3.8) is 0 Å². The molecule has 0 saturated carbocycles. The van der Waals surface area contributed by atoms with Crippen LogP contribution in [0, 0.1) is 5.82 Å². The van der Waals surface area contributed by atoms with Gasteiger partial charge in [-0.05, 0) is 18.1 Å². The van der Waals surface area contributed by atoms with Gasteiger partial charge in [-0.15, -0.1) is 0 Å². The van der Waals surface area contributed by atoms with Crippen LogP contribution in [0.5, 0.6) is 0 Å². The normalized spacial score (nSPS) is 10.0. The lowest BCUT2D eigenvalue weighted by atomic mass is 10.1. The summed E-state index contributed by atoms with van der Waals surface area (Å²) in [6.45, 7) is 0.479. The van der Waals surface area contributed by atoms with E-state index in [1.807, 2.05) is 0 Å². The van der Waals surface area contributed by atoms with E-state index in [1.165, 1.54) is 6.07 Å². The van der Waals surface area contributed by atoms with E-state index in [-0.39, 0.29) is 11.7 Å². The summed E-state index contributed by atoms with van der Waals surface area (Å²) >= 11 is 3.18. The standard InChI is InChI=1S/C11H13BrFNO/c12-7-5-11(15)14-8-6-9-3-1-2-4-10(9)13/h1-4H,5-8H2,(H,14,15). The van der Waals surface area contributed by atoms with Crippen LogP contribution in [0.3, 0.4) is 0 Å². The van der Waals surface area contributed by atoms with E-state index in [0.29, 0.717) is 30.3 Å². The lowest BCUT2D eigenvalue weighted by molar-refractivity contribution is -0.120. The second-order valence-electron chi connectivity index (χ2n) is 3.13. The van der Waals surface area contributed by atoms with Gasteiger partial charge >= 0.3 is 0 Å². The summed E-state index contributed by atoms with van der Waals surface area (Å²) in [6, 6.07) is 6.60. The van der Waals surface area contributed by atoms with Crippen LogP contribution < -0.4 is 5.32 Å². The van der Waals surface area contributed by atoms with Gasteiger partial charge in [0, 0.05) is 18.3 Å². The average Bonchev–Trinajstić information content (AvgIpc) is 2.21. The molecule has 1 N–H and O–H groups in total. The highest BCUT2D eigenvalue weighted by Gasteiger charge is 2.02. The molecule has 2 nitrogen and oxygen atoms in total. The van der Waals surface area contributed by atoms with Crippen molar-refractivity contribution in [2.75, 3.05) is 11.9 Å². The third kappa shape index (κ3) is 4.42. The number of hydrogen-bond donors (Lipinski definition) is 1. The van der Waals surface area contributed by atoms with Crippen molar-refractivity contribution in [2.45, 2.75) is 12.8 Å². The molecule has 0 aliphatic heterocycles. The number of nitrogens with one attached hydrogen (secondary N) is 1. The number of carbonyl (C=O) groups is 1. The van der Waals surface area contributed by atoms with E-state index in [0.717, 1.165) is 0 Å². The van der Waals surface area contributed by atoms with Gasteiger partial charge in [0.05, 0.1) is 0 Å². The molecule has 0 saturated heterocycles. The molecule has 15 heavy (non-hydrogen) atoms. The molecule has 0 fully saturated rings. The van der Waals surface area contributed by atoms with E-state index in [9.17, 15) is 9.18 Å². The Morgan fingerprint density at radius 3 is 2.80 bits per heavy atom. The zero-order chi connectivity index (χ0) is 11.1. The molecule has 1 aromatic carbocycles. The fourth-order valence-electron chi connectivity index (χ4n) is 1.21. The highest BCUT2D eigenvalue weighted by Crippen LogP contribution is 2.06. The van der Waals surface area contributed by atoms with Crippen LogP contribution in [-0.4, -0.2) is 17.8 Å². The second-order valence-corrected chi connectivity index (χ2v) is 3.92. The number of alkyl halides is 1. The number of carbonyl (C=O) groups excluding carboxylic acids is 1. The van der Waals surface area contributed by atoms with Crippen LogP contribution in [0.25, 0.3) is 0 Å². The van der Waals surface area contributed by atoms with Crippen LogP contribution >= 0.6 is 15.9 Å². The van der Waals surface area contributed by atoms with Gasteiger partial charge < -0.3 is 5.32 Å². The monoisotopic (exact) mass is 273 g/mol. The fraction of sp³-hybridized carbons (Fsp3) is 0.364. The minimum absolute atomic E-state index is 0.0109. The minimum Gasteiger partial charge on any atom is -0.356 e. The molecule has 0 bridgehead atoms. The Morgan fingerprint density at radius 1 is 1.40 bits per heavy atom. The number of hydrogen-bond acceptors (Lipinski definition) is 1. The SMILES string of the molecule is O=C(CCBr)NCCc1ccccc1F. The predicted molar refractivity (Wildman–Crippen MR) is 61.5 cm³/mol. The molecule has 0 aromatic heterocycles. The molecule has 0 heterocycles. The zero-order valence-electron chi connectivity index (χ0n) is 8.30. The summed E-state index contributed by atoms with van der Waals surface area (Å²) < 4.78 is 13.1. The summed E-state index contributed by atoms with van der Waals surface area (Å²) in [5.74, 6) is -0.226. The lowest BCUT2D eigenvalue weighted by Crippen LogP contribution is -2.25. The Hall–Kier alpha value is -0.900. The first-order chi connectivity index (χ1) is 7.24. The molecular weight excluding hydrogens is 261 g/mol. The molecule has 0 unspecified atom stereocenters. The lowest BCUT2D eigenvalue weighted by Gasteiger charge is -2.04. The Bertz CT molecular complexity index is 330. The molecule has 0 spiro atoms. The van der Waals surface area contributed by atoms with E-state index in [2.05, 4.69) is 21.2 Å². The maximum atomic E-state index is 13.1. The van der Waals surface area contributed by atoms with Crippen molar-refractivity contribution in [2.24, 2.45) is 0 Å². The Morgan fingerprint density at radius 2 is 2.13 bits per heavy atom. The van der Waals surface area contributed by atoms with Crippen molar-refractivity contribution in [1.82, 2.24) is 5.32 Å². The molecule has 0 atom stereocenters. The summed E-state index contributed by atoms with van der Waals surface area (Å²) in [4.78, 5) is 11.1. The smallest absolute Gasteiger partial charge is 0.220 e. The van der Waals surface area contributed by atoms with Gasteiger partial charge in [0.15, 0.2) is 0 Å². The Kier molecular flexibility index (Phi) is 5.32. The highest BCUT2D eigenvalue weighted by molar-refractivity contribution is 9.09. The van der Waals surface area contributed by atoms with Crippen LogP contribution in [0.15, 0.2) is 24.3 Å². The molecule has 0 radical (unpaired) electrons. The van der Waals surface area contributed by atoms with Gasteiger partial charge in [-0.2, -0.15) is 0 Å². The van der Waals surface area contributed by atoms with Crippen molar-refractivity contribution in [1.29, 1.82) is 0 Å². The maximum Gasteiger partial charge on any atom is 0.220 e. The van der Waals surface area contributed by atoms with Crippen molar-refractivity contribution in [3.05, 3.63) is 35.6 Å². The first kappa shape index (κ1) is 12.2. The van der Waals surface area contributed by atoms with Crippen molar-refractivity contribution < 1.29 is 9.18 Å². The molecule has 4 heteroatoms. The molecule has 0 aliphatic carbocycles. The topological polar surface area (TPSA) is 29.1 Å². The minimum atomic E-state index is -0.216. The third-order valence-corrected chi connectivity index (χ3v) is 2.39. The van der Waals surface area contributed by atoms with Crippen molar-refractivity contribution in [3.8, 4) is 0 Å². The van der Waals surface area contributed by atoms with Gasteiger partial charge in [0.25, 0.3) is 0 Å². The van der Waals surface area contributed by atoms with E-state index >= 15 is 0 Å². The average molecular weight is 274 g/mol. The Balaban J connectivity index is 2.32. The molecule has 82 valence electrons. The van der Waals surface area contributed by atoms with Gasteiger partial charge in [0.1, 0.15) is 5.82 Å². The fourth-order valence-corrected chi connectivity index (χ4v) is 1.57. The van der Waals surface area contributed by atoms with E-state index in [4.69, 9.17) is 0 Å². The number of halogens is 2. The van der Waals surface area contributed by atoms with Crippen LogP contribution in [-0.2, 0) is 11.2 Å². The van der Waals surface area contributed by atoms with Gasteiger partial charge in [0.2, 0.25) is 5.91 Å². The van der Waals surface area contributed by atoms with Crippen LogP contribution in [0.2, 0.25) is 0 Å². The second kappa shape index (κ2) is 6.56. The summed E-state index contributed by atoms with van der Waals surface area (Å²) in [7, 11) is 0. The van der Waals surface area contributed by atoms with Gasteiger partial charge in [-0.3, -0.25) is 4.79 Å². The third-order valence-electron chi connectivity index (χ3n) is 2.00. The summed E-state index contributed by atoms with van der Waals surface area (Å²) in [5.41, 5.74) is 0.636. The molecule has 0 aliphatic rings. The number of benzene rings is 1. The number of rotatable bonds is 5. The van der Waals surface area contributed by atoms with E-state index < -0.39 is 0 Å². The van der Waals surface area contributed by atoms with Crippen LogP contribution in [0.1, 0.15) is 12.0 Å². The molecule has 1 rings (SSSR count). The summed E-state index contributed by atoms with van der Waals surface area (Å²) in [5, 5.41) is 3.37. The number of amides is 1. The van der Waals surface area contributed by atoms with Gasteiger partial charge in [-0.25, -0.2) is 4.39 Å². The maximum absolute atomic E-state index is 13.1. The van der Waals surface area contributed by atoms with Gasteiger partial charge in [-0.1, -0.05) is 34.1 Å². The van der Waals surface area contributed by atoms with Crippen molar-refractivity contribution >= 4 is 21.8 Å². The zero-order valence-corrected chi connectivity index (χ0v) is 9.89. The molecule has 1 amide bonds. The summed E-state index contributed by atoms with van der Waals surface area (Å²) in [6.07, 6.45) is 0.984. The molecular formula is C11H13BrFNO. The van der Waals surface area contributed by atoms with Crippen LogP contribution in [0.4, 0.5) is 4.39 Å². The first-order valence-electron chi connectivity index (χ1n) is 4.80. The molecule has 1 aromatic rings. The first-order valence-corrected chi connectivity index (χ1v) is 5.92. The predicted octanol–water partition coefficient (Wildman–Crippen LogP) is 2.27. The highest BCUT2D eigenvalue weighted by atomic mass is 79.9. The van der Waals surface area contributed by atoms with E-state index in [1.54, 1.807) is 18.2 Å². The largest absolute Gasteiger partial charge is 0.356 e. The quantitative estimate of drug-likeness (QED) is 0.820.